The SMILES string of the molecule is CC(C)(C)OC(=O)NCCc1cn2ccccc2n1. The van der Waals surface area contributed by atoms with Crippen molar-refractivity contribution in [3.63, 3.8) is 0 Å². The molecule has 0 aliphatic rings. The fourth-order valence-corrected chi connectivity index (χ4v) is 1.71. The Morgan fingerprint density at radius 2 is 2.21 bits per heavy atom. The summed E-state index contributed by atoms with van der Waals surface area (Å²) in [7, 11) is 0. The summed E-state index contributed by atoms with van der Waals surface area (Å²) in [4.78, 5) is 15.9. The second-order valence-electron chi connectivity index (χ2n) is 5.38. The van der Waals surface area contributed by atoms with E-state index in [4.69, 9.17) is 4.74 Å². The molecule has 0 aromatic carbocycles. The van der Waals surface area contributed by atoms with E-state index in [1.165, 1.54) is 0 Å². The van der Waals surface area contributed by atoms with Crippen molar-refractivity contribution in [3.8, 4) is 0 Å². The van der Waals surface area contributed by atoms with Crippen LogP contribution in [0.4, 0.5) is 4.79 Å². The summed E-state index contributed by atoms with van der Waals surface area (Å²) in [5.74, 6) is 0. The van der Waals surface area contributed by atoms with Crippen LogP contribution in [-0.4, -0.2) is 27.6 Å². The number of carbonyl (C=O) groups excluding carboxylic acids is 1. The van der Waals surface area contributed by atoms with Gasteiger partial charge in [-0.1, -0.05) is 6.07 Å². The van der Waals surface area contributed by atoms with Crippen LogP contribution >= 0.6 is 0 Å². The summed E-state index contributed by atoms with van der Waals surface area (Å²) >= 11 is 0. The quantitative estimate of drug-likeness (QED) is 0.923. The highest BCUT2D eigenvalue weighted by Crippen LogP contribution is 2.07. The van der Waals surface area contributed by atoms with Crippen molar-refractivity contribution < 1.29 is 9.53 Å². The first-order valence-corrected chi connectivity index (χ1v) is 6.33. The normalized spacial score (nSPS) is 11.5. The Balaban J connectivity index is 1.84. The van der Waals surface area contributed by atoms with E-state index in [1.807, 2.05) is 55.8 Å². The first-order valence-electron chi connectivity index (χ1n) is 6.33. The van der Waals surface area contributed by atoms with Crippen LogP contribution in [0, 0.1) is 0 Å². The van der Waals surface area contributed by atoms with E-state index in [1.54, 1.807) is 0 Å². The van der Waals surface area contributed by atoms with Crippen LogP contribution in [0.2, 0.25) is 0 Å². The van der Waals surface area contributed by atoms with E-state index in [9.17, 15) is 4.79 Å². The predicted octanol–water partition coefficient (Wildman–Crippen LogP) is 2.40. The lowest BCUT2D eigenvalue weighted by atomic mass is 10.2. The third kappa shape index (κ3) is 3.98. The molecule has 0 aliphatic carbocycles. The van der Waals surface area contributed by atoms with Gasteiger partial charge in [-0.3, -0.25) is 0 Å². The molecule has 5 nitrogen and oxygen atoms in total. The van der Waals surface area contributed by atoms with Gasteiger partial charge in [-0.05, 0) is 32.9 Å². The Morgan fingerprint density at radius 1 is 1.42 bits per heavy atom. The Hall–Kier alpha value is -2.04. The van der Waals surface area contributed by atoms with Gasteiger partial charge in [0.2, 0.25) is 0 Å². The van der Waals surface area contributed by atoms with Crippen molar-refractivity contribution >= 4 is 11.7 Å². The largest absolute Gasteiger partial charge is 0.444 e. The van der Waals surface area contributed by atoms with Gasteiger partial charge in [0.1, 0.15) is 11.2 Å². The molecule has 2 aromatic heterocycles. The Kier molecular flexibility index (Phi) is 3.74. The fraction of sp³-hybridized carbons (Fsp3) is 0.429. The highest BCUT2D eigenvalue weighted by molar-refractivity contribution is 5.67. The zero-order valence-corrected chi connectivity index (χ0v) is 11.5. The predicted molar refractivity (Wildman–Crippen MR) is 73.1 cm³/mol. The number of aromatic nitrogens is 2. The summed E-state index contributed by atoms with van der Waals surface area (Å²) in [5, 5.41) is 2.72. The van der Waals surface area contributed by atoms with Gasteiger partial charge < -0.3 is 14.5 Å². The maximum absolute atomic E-state index is 11.5. The highest BCUT2D eigenvalue weighted by atomic mass is 16.6. The van der Waals surface area contributed by atoms with Crippen molar-refractivity contribution in [3.05, 3.63) is 36.3 Å². The van der Waals surface area contributed by atoms with Crippen molar-refractivity contribution in [2.75, 3.05) is 6.54 Å². The lowest BCUT2D eigenvalue weighted by molar-refractivity contribution is 0.0528. The molecular weight excluding hydrogens is 242 g/mol. The molecule has 0 bridgehead atoms. The molecule has 2 heterocycles. The fourth-order valence-electron chi connectivity index (χ4n) is 1.71. The summed E-state index contributed by atoms with van der Waals surface area (Å²) in [6.45, 7) is 6.04. The molecule has 0 aliphatic heterocycles. The van der Waals surface area contributed by atoms with Crippen LogP contribution in [0.25, 0.3) is 5.65 Å². The number of pyridine rings is 1. The number of nitrogens with zero attached hydrogens (tertiary/aromatic N) is 2. The van der Waals surface area contributed by atoms with Gasteiger partial charge in [-0.25, -0.2) is 9.78 Å². The van der Waals surface area contributed by atoms with Crippen LogP contribution in [0.3, 0.4) is 0 Å². The molecule has 19 heavy (non-hydrogen) atoms. The number of alkyl carbamates (subject to hydrolysis) is 1. The zero-order valence-electron chi connectivity index (χ0n) is 11.5. The smallest absolute Gasteiger partial charge is 0.407 e. The monoisotopic (exact) mass is 261 g/mol. The minimum Gasteiger partial charge on any atom is -0.444 e. The van der Waals surface area contributed by atoms with E-state index in [0.717, 1.165) is 11.3 Å². The Morgan fingerprint density at radius 3 is 2.89 bits per heavy atom. The highest BCUT2D eigenvalue weighted by Gasteiger charge is 2.15. The van der Waals surface area contributed by atoms with Gasteiger partial charge >= 0.3 is 6.09 Å². The number of carbonyl (C=O) groups is 1. The molecule has 0 unspecified atom stereocenters. The molecule has 1 amide bonds. The molecule has 2 rings (SSSR count). The number of rotatable bonds is 3. The molecule has 0 fully saturated rings. The topological polar surface area (TPSA) is 55.6 Å². The molecule has 5 heteroatoms. The van der Waals surface area contributed by atoms with Crippen LogP contribution in [0.1, 0.15) is 26.5 Å². The van der Waals surface area contributed by atoms with Crippen LogP contribution < -0.4 is 5.32 Å². The van der Waals surface area contributed by atoms with Gasteiger partial charge in [0, 0.05) is 25.4 Å². The summed E-state index contributed by atoms with van der Waals surface area (Å²) in [5.41, 5.74) is 1.39. The lowest BCUT2D eigenvalue weighted by Gasteiger charge is -2.19. The molecule has 0 saturated heterocycles. The van der Waals surface area contributed by atoms with Gasteiger partial charge in [0.05, 0.1) is 5.69 Å². The van der Waals surface area contributed by atoms with Gasteiger partial charge in [0.25, 0.3) is 0 Å². The number of imidazole rings is 1. The zero-order chi connectivity index (χ0) is 13.9. The Labute approximate surface area is 112 Å². The van der Waals surface area contributed by atoms with Crippen molar-refractivity contribution in [1.29, 1.82) is 0 Å². The first-order chi connectivity index (χ1) is 8.94. The van der Waals surface area contributed by atoms with Crippen molar-refractivity contribution in [2.24, 2.45) is 0 Å². The number of fused-ring (bicyclic) bond motifs is 1. The number of hydrogen-bond donors (Lipinski definition) is 1. The van der Waals surface area contributed by atoms with E-state index in [-0.39, 0.29) is 0 Å². The molecule has 102 valence electrons. The minimum atomic E-state index is -0.465. The van der Waals surface area contributed by atoms with Gasteiger partial charge in [0.15, 0.2) is 0 Å². The summed E-state index contributed by atoms with van der Waals surface area (Å²) in [6, 6.07) is 5.85. The summed E-state index contributed by atoms with van der Waals surface area (Å²) in [6.07, 6.45) is 4.21. The molecule has 0 atom stereocenters. The van der Waals surface area contributed by atoms with Crippen molar-refractivity contribution in [1.82, 2.24) is 14.7 Å². The minimum absolute atomic E-state index is 0.392. The van der Waals surface area contributed by atoms with Crippen LogP contribution in [0.15, 0.2) is 30.6 Å². The maximum Gasteiger partial charge on any atom is 0.407 e. The molecular formula is C14H19N3O2. The van der Waals surface area contributed by atoms with E-state index in [2.05, 4.69) is 10.3 Å². The van der Waals surface area contributed by atoms with Crippen molar-refractivity contribution in [2.45, 2.75) is 32.8 Å². The van der Waals surface area contributed by atoms with Gasteiger partial charge in [-0.15, -0.1) is 0 Å². The molecule has 0 spiro atoms. The van der Waals surface area contributed by atoms with E-state index >= 15 is 0 Å². The van der Waals surface area contributed by atoms with Crippen LogP contribution in [-0.2, 0) is 11.2 Å². The second-order valence-corrected chi connectivity index (χ2v) is 5.38. The Bertz CT molecular complexity index is 536. The number of hydrogen-bond acceptors (Lipinski definition) is 3. The number of nitrogens with one attached hydrogen (secondary N) is 1. The third-order valence-corrected chi connectivity index (χ3v) is 2.46. The average molecular weight is 261 g/mol. The number of amides is 1. The first kappa shape index (κ1) is 13.4. The van der Waals surface area contributed by atoms with E-state index < -0.39 is 11.7 Å². The standard InChI is InChI=1S/C14H19N3O2/c1-14(2,3)19-13(18)15-8-7-11-10-17-9-5-4-6-12(17)16-11/h4-6,9-10H,7-8H2,1-3H3,(H,15,18). The van der Waals surface area contributed by atoms with Gasteiger partial charge in [-0.2, -0.15) is 0 Å². The van der Waals surface area contributed by atoms with Crippen LogP contribution in [0.5, 0.6) is 0 Å². The molecule has 2 aromatic rings. The number of ether oxygens (including phenoxy) is 1. The molecule has 0 saturated carbocycles. The maximum atomic E-state index is 11.5. The summed E-state index contributed by atoms with van der Waals surface area (Å²) < 4.78 is 7.12. The lowest BCUT2D eigenvalue weighted by Crippen LogP contribution is -2.33. The molecule has 0 radical (unpaired) electrons. The average Bonchev–Trinajstić information content (AvgIpc) is 2.68. The van der Waals surface area contributed by atoms with E-state index in [0.29, 0.717) is 13.0 Å². The molecule has 1 N–H and O–H groups in total. The third-order valence-electron chi connectivity index (χ3n) is 2.46. The second kappa shape index (κ2) is 5.30.